The number of hydrogen-bond donors (Lipinski definition) is 0. The van der Waals surface area contributed by atoms with Crippen LogP contribution in [0.5, 0.6) is 5.75 Å². The molecule has 0 aliphatic carbocycles. The number of ether oxygens (including phenoxy) is 1. The van der Waals surface area contributed by atoms with Crippen LogP contribution in [0.3, 0.4) is 0 Å². The van der Waals surface area contributed by atoms with Crippen LogP contribution in [-0.4, -0.2) is 11.3 Å². The number of hydrogen-bond acceptors (Lipinski definition) is 3. The van der Waals surface area contributed by atoms with Crippen LogP contribution in [0.25, 0.3) is 0 Å². The van der Waals surface area contributed by atoms with Crippen LogP contribution in [0.2, 0.25) is 0 Å². The molecular formula is C7H3BrF3NO3. The summed E-state index contributed by atoms with van der Waals surface area (Å²) in [6, 6.07) is 3.02. The zero-order valence-electron chi connectivity index (χ0n) is 6.92. The van der Waals surface area contributed by atoms with Gasteiger partial charge in [-0.15, -0.1) is 13.2 Å². The smallest absolute Gasteiger partial charge is 0.398 e. The van der Waals surface area contributed by atoms with E-state index in [1.807, 2.05) is 0 Å². The van der Waals surface area contributed by atoms with Gasteiger partial charge in [0.15, 0.2) is 0 Å². The SMILES string of the molecule is O=[N+]([O-])c1cc(Br)ccc1OC(F)(F)F. The van der Waals surface area contributed by atoms with Crippen LogP contribution in [0.4, 0.5) is 18.9 Å². The fourth-order valence-electron chi connectivity index (χ4n) is 0.844. The Kier molecular flexibility index (Phi) is 3.18. The first kappa shape index (κ1) is 11.8. The third-order valence-electron chi connectivity index (χ3n) is 1.34. The topological polar surface area (TPSA) is 52.4 Å². The van der Waals surface area contributed by atoms with Crippen LogP contribution in [-0.2, 0) is 0 Å². The Morgan fingerprint density at radius 1 is 1.40 bits per heavy atom. The highest BCUT2D eigenvalue weighted by Gasteiger charge is 2.34. The van der Waals surface area contributed by atoms with Crippen molar-refractivity contribution >= 4 is 21.6 Å². The molecule has 0 saturated heterocycles. The van der Waals surface area contributed by atoms with Crippen molar-refractivity contribution in [1.82, 2.24) is 0 Å². The summed E-state index contributed by atoms with van der Waals surface area (Å²) in [4.78, 5) is 9.44. The van der Waals surface area contributed by atoms with E-state index < -0.39 is 22.7 Å². The highest BCUT2D eigenvalue weighted by molar-refractivity contribution is 9.10. The summed E-state index contributed by atoms with van der Waals surface area (Å²) < 4.78 is 39.3. The molecule has 1 aromatic carbocycles. The molecule has 0 unspecified atom stereocenters. The Balaban J connectivity index is 3.12. The first-order valence-corrected chi connectivity index (χ1v) is 4.28. The van der Waals surface area contributed by atoms with Gasteiger partial charge in [-0.25, -0.2) is 0 Å². The van der Waals surface area contributed by atoms with E-state index in [1.165, 1.54) is 6.07 Å². The minimum atomic E-state index is -4.95. The Labute approximate surface area is 89.9 Å². The molecule has 1 rings (SSSR count). The molecule has 15 heavy (non-hydrogen) atoms. The van der Waals surface area contributed by atoms with E-state index in [4.69, 9.17) is 0 Å². The molecule has 0 aliphatic heterocycles. The molecule has 0 aromatic heterocycles. The standard InChI is InChI=1S/C7H3BrF3NO3/c8-4-1-2-6(15-7(9,10)11)5(3-4)12(13)14/h1-3H. The van der Waals surface area contributed by atoms with Gasteiger partial charge < -0.3 is 4.74 Å². The van der Waals surface area contributed by atoms with E-state index in [1.54, 1.807) is 0 Å². The van der Waals surface area contributed by atoms with Crippen LogP contribution in [0.1, 0.15) is 0 Å². The number of rotatable bonds is 2. The number of nitrogens with zero attached hydrogens (tertiary/aromatic N) is 1. The molecule has 82 valence electrons. The number of halogens is 4. The van der Waals surface area contributed by atoms with Gasteiger partial charge in [-0.05, 0) is 12.1 Å². The quantitative estimate of drug-likeness (QED) is 0.619. The maximum absolute atomic E-state index is 11.8. The number of alkyl halides is 3. The van der Waals surface area contributed by atoms with Crippen molar-refractivity contribution in [2.45, 2.75) is 6.36 Å². The highest BCUT2D eigenvalue weighted by atomic mass is 79.9. The van der Waals surface area contributed by atoms with E-state index >= 15 is 0 Å². The maximum Gasteiger partial charge on any atom is 0.573 e. The second-order valence-corrected chi connectivity index (χ2v) is 3.33. The van der Waals surface area contributed by atoms with E-state index in [9.17, 15) is 23.3 Å². The maximum atomic E-state index is 11.8. The predicted molar refractivity (Wildman–Crippen MR) is 47.5 cm³/mol. The Morgan fingerprint density at radius 2 is 2.00 bits per heavy atom. The zero-order valence-corrected chi connectivity index (χ0v) is 8.50. The lowest BCUT2D eigenvalue weighted by atomic mass is 10.3. The second kappa shape index (κ2) is 4.05. The second-order valence-electron chi connectivity index (χ2n) is 2.42. The molecule has 8 heteroatoms. The summed E-state index contributed by atoms with van der Waals surface area (Å²) in [5.74, 6) is -0.837. The van der Waals surface area contributed by atoms with Crippen LogP contribution < -0.4 is 4.74 Å². The molecule has 0 radical (unpaired) electrons. The van der Waals surface area contributed by atoms with Crippen molar-refractivity contribution in [1.29, 1.82) is 0 Å². The van der Waals surface area contributed by atoms with Crippen molar-refractivity contribution < 1.29 is 22.8 Å². The molecule has 0 aliphatic rings. The fraction of sp³-hybridized carbons (Fsp3) is 0.143. The minimum Gasteiger partial charge on any atom is -0.398 e. The van der Waals surface area contributed by atoms with Gasteiger partial charge in [0.2, 0.25) is 5.75 Å². The number of benzene rings is 1. The molecule has 0 saturated carbocycles. The van der Waals surface area contributed by atoms with Gasteiger partial charge in [0.25, 0.3) is 0 Å². The Bertz CT molecular complexity index is 394. The molecule has 0 atom stereocenters. The number of nitro groups is 1. The highest BCUT2D eigenvalue weighted by Crippen LogP contribution is 2.33. The fourth-order valence-corrected chi connectivity index (χ4v) is 1.19. The summed E-state index contributed by atoms with van der Waals surface area (Å²) in [5.41, 5.74) is -0.748. The van der Waals surface area contributed by atoms with Gasteiger partial charge in [-0.3, -0.25) is 10.1 Å². The van der Waals surface area contributed by atoms with Gasteiger partial charge in [0, 0.05) is 10.5 Å². The summed E-state index contributed by atoms with van der Waals surface area (Å²) in [6.07, 6.45) is -4.95. The average Bonchev–Trinajstić information content (AvgIpc) is 2.05. The monoisotopic (exact) mass is 285 g/mol. The third kappa shape index (κ3) is 3.39. The molecule has 0 heterocycles. The first-order chi connectivity index (χ1) is 6.79. The van der Waals surface area contributed by atoms with Crippen molar-refractivity contribution in [2.75, 3.05) is 0 Å². The van der Waals surface area contributed by atoms with Gasteiger partial charge >= 0.3 is 12.0 Å². The summed E-state index contributed by atoms with van der Waals surface area (Å²) >= 11 is 2.90. The normalized spacial score (nSPS) is 11.2. The van der Waals surface area contributed by atoms with E-state index in [-0.39, 0.29) is 0 Å². The van der Waals surface area contributed by atoms with E-state index in [2.05, 4.69) is 20.7 Å². The molecule has 0 fully saturated rings. The van der Waals surface area contributed by atoms with Crippen molar-refractivity contribution in [2.24, 2.45) is 0 Å². The van der Waals surface area contributed by atoms with Crippen molar-refractivity contribution in [3.63, 3.8) is 0 Å². The lowest BCUT2D eigenvalue weighted by molar-refractivity contribution is -0.388. The largest absolute Gasteiger partial charge is 0.573 e. The predicted octanol–water partition coefficient (Wildman–Crippen LogP) is 3.26. The minimum absolute atomic E-state index is 0.295. The first-order valence-electron chi connectivity index (χ1n) is 3.49. The summed E-state index contributed by atoms with van der Waals surface area (Å²) in [7, 11) is 0. The van der Waals surface area contributed by atoms with Crippen LogP contribution >= 0.6 is 15.9 Å². The van der Waals surface area contributed by atoms with Crippen LogP contribution in [0.15, 0.2) is 22.7 Å². The van der Waals surface area contributed by atoms with Gasteiger partial charge in [-0.1, -0.05) is 15.9 Å². The van der Waals surface area contributed by atoms with E-state index in [0.717, 1.165) is 12.1 Å². The lowest BCUT2D eigenvalue weighted by Gasteiger charge is -2.08. The molecular weight excluding hydrogens is 283 g/mol. The van der Waals surface area contributed by atoms with Gasteiger partial charge in [-0.2, -0.15) is 0 Å². The molecule has 0 bridgehead atoms. The zero-order chi connectivity index (χ0) is 11.6. The van der Waals surface area contributed by atoms with E-state index in [0.29, 0.717) is 4.47 Å². The average molecular weight is 286 g/mol. The molecule has 0 spiro atoms. The third-order valence-corrected chi connectivity index (χ3v) is 1.84. The number of nitro benzene ring substituents is 1. The summed E-state index contributed by atoms with van der Waals surface area (Å²) in [6.45, 7) is 0. The Morgan fingerprint density at radius 3 is 2.47 bits per heavy atom. The molecule has 0 N–H and O–H groups in total. The molecule has 1 aromatic rings. The van der Waals surface area contributed by atoms with Crippen molar-refractivity contribution in [3.8, 4) is 5.75 Å². The molecule has 0 amide bonds. The lowest BCUT2D eigenvalue weighted by Crippen LogP contribution is -2.17. The molecule has 4 nitrogen and oxygen atoms in total. The van der Waals surface area contributed by atoms with Crippen molar-refractivity contribution in [3.05, 3.63) is 32.8 Å². The Hall–Kier alpha value is -1.31. The van der Waals surface area contributed by atoms with Gasteiger partial charge in [0.1, 0.15) is 0 Å². The van der Waals surface area contributed by atoms with Crippen LogP contribution in [0, 0.1) is 10.1 Å². The summed E-state index contributed by atoms with van der Waals surface area (Å²) in [5, 5.41) is 10.4. The van der Waals surface area contributed by atoms with Gasteiger partial charge in [0.05, 0.1) is 4.92 Å².